The first-order chi connectivity index (χ1) is 13.8. The molecule has 4 rings (SSSR count). The second kappa shape index (κ2) is 8.29. The molecule has 0 radical (unpaired) electrons. The van der Waals surface area contributed by atoms with Crippen LogP contribution in [0.2, 0.25) is 5.02 Å². The third kappa shape index (κ3) is 4.79. The number of hydrogen-bond acceptors (Lipinski definition) is 4. The number of fused-ring (bicyclic) bond motifs is 1. The van der Waals surface area contributed by atoms with Crippen LogP contribution >= 0.6 is 11.6 Å². The predicted octanol–water partition coefficient (Wildman–Crippen LogP) is 4.39. The minimum Gasteiger partial charge on any atom is -0.493 e. The van der Waals surface area contributed by atoms with Gasteiger partial charge in [0.05, 0.1) is 11.5 Å². The van der Waals surface area contributed by atoms with Crippen molar-refractivity contribution in [3.63, 3.8) is 0 Å². The number of ether oxygens (including phenoxy) is 1. The van der Waals surface area contributed by atoms with Crippen molar-refractivity contribution in [2.75, 3.05) is 19.4 Å². The summed E-state index contributed by atoms with van der Waals surface area (Å²) in [4.78, 5) is 2.97. The van der Waals surface area contributed by atoms with Crippen LogP contribution in [0.15, 0.2) is 47.4 Å². The van der Waals surface area contributed by atoms with E-state index >= 15 is 0 Å². The second-order valence-corrected chi connectivity index (χ2v) is 11.0. The van der Waals surface area contributed by atoms with E-state index < -0.39 is 9.84 Å². The summed E-state index contributed by atoms with van der Waals surface area (Å²) in [6.45, 7) is 4.02. The third-order valence-electron chi connectivity index (χ3n) is 6.29. The van der Waals surface area contributed by atoms with Crippen LogP contribution in [0.25, 0.3) is 0 Å². The molecule has 1 heterocycles. The third-order valence-corrected chi connectivity index (χ3v) is 7.65. The Kier molecular flexibility index (Phi) is 5.92. The smallest absolute Gasteiger partial charge is 0.175 e. The number of halogens is 1. The molecule has 1 fully saturated rings. The molecule has 156 valence electrons. The maximum absolute atomic E-state index is 11.6. The van der Waals surface area contributed by atoms with Gasteiger partial charge in [-0.15, -0.1) is 0 Å². The molecule has 3 atom stereocenters. The van der Waals surface area contributed by atoms with Crippen molar-refractivity contribution in [3.05, 3.63) is 58.6 Å². The van der Waals surface area contributed by atoms with Gasteiger partial charge in [-0.3, -0.25) is 4.90 Å². The Hall–Kier alpha value is -1.56. The van der Waals surface area contributed by atoms with Crippen molar-refractivity contribution in [1.29, 1.82) is 0 Å². The lowest BCUT2D eigenvalue weighted by Gasteiger charge is -2.35. The van der Waals surface area contributed by atoms with Crippen molar-refractivity contribution < 1.29 is 13.2 Å². The summed E-state index contributed by atoms with van der Waals surface area (Å²) in [5.74, 6) is 1.21. The summed E-state index contributed by atoms with van der Waals surface area (Å²) in [6, 6.07) is 14.1. The van der Waals surface area contributed by atoms with Gasteiger partial charge in [0, 0.05) is 35.8 Å². The summed E-state index contributed by atoms with van der Waals surface area (Å²) < 4.78 is 29.1. The van der Waals surface area contributed by atoms with Crippen LogP contribution in [0, 0.1) is 5.92 Å². The first-order valence-corrected chi connectivity index (χ1v) is 12.5. The Balaban J connectivity index is 1.34. The van der Waals surface area contributed by atoms with E-state index in [1.165, 1.54) is 23.8 Å². The molecule has 0 saturated carbocycles. The summed E-state index contributed by atoms with van der Waals surface area (Å²) in [5.41, 5.74) is 2.83. The number of likely N-dealkylation sites (tertiary alicyclic amines) is 1. The van der Waals surface area contributed by atoms with E-state index in [0.717, 1.165) is 36.6 Å². The minimum absolute atomic E-state index is 0.322. The summed E-state index contributed by atoms with van der Waals surface area (Å²) in [5, 5.41) is 0.826. The van der Waals surface area contributed by atoms with Crippen LogP contribution < -0.4 is 4.74 Å². The molecule has 0 aromatic heterocycles. The zero-order valence-corrected chi connectivity index (χ0v) is 18.5. The Bertz CT molecular complexity index is 974. The largest absolute Gasteiger partial charge is 0.493 e. The Labute approximate surface area is 178 Å². The van der Waals surface area contributed by atoms with Gasteiger partial charge >= 0.3 is 0 Å². The zero-order valence-electron chi connectivity index (χ0n) is 17.0. The number of benzene rings is 2. The average Bonchev–Trinajstić information content (AvgIpc) is 3.06. The predicted molar refractivity (Wildman–Crippen MR) is 117 cm³/mol. The van der Waals surface area contributed by atoms with Gasteiger partial charge in [-0.05, 0) is 80.1 Å². The van der Waals surface area contributed by atoms with Crippen LogP contribution in [0.3, 0.4) is 0 Å². The van der Waals surface area contributed by atoms with Gasteiger partial charge < -0.3 is 4.74 Å². The number of aryl methyl sites for hydroxylation is 1. The van der Waals surface area contributed by atoms with Crippen molar-refractivity contribution in [3.8, 4) is 5.75 Å². The Morgan fingerprint density at radius 3 is 2.62 bits per heavy atom. The molecule has 1 saturated heterocycles. The topological polar surface area (TPSA) is 46.6 Å². The lowest BCUT2D eigenvalue weighted by atomic mass is 9.87. The molecule has 0 amide bonds. The molecular formula is C23H28ClNO3S. The normalized spacial score (nSPS) is 25.0. The molecule has 1 aliphatic heterocycles. The van der Waals surface area contributed by atoms with Gasteiger partial charge in [0.1, 0.15) is 5.75 Å². The lowest BCUT2D eigenvalue weighted by molar-refractivity contribution is 0.164. The number of sulfone groups is 1. The van der Waals surface area contributed by atoms with Gasteiger partial charge in [-0.2, -0.15) is 0 Å². The molecule has 2 aliphatic rings. The van der Waals surface area contributed by atoms with Crippen LogP contribution in [-0.2, 0) is 22.7 Å². The van der Waals surface area contributed by atoms with Gasteiger partial charge in [0.15, 0.2) is 9.84 Å². The molecule has 2 aromatic rings. The molecule has 0 N–H and O–H groups in total. The Morgan fingerprint density at radius 2 is 1.90 bits per heavy atom. The van der Waals surface area contributed by atoms with Crippen molar-refractivity contribution in [1.82, 2.24) is 4.90 Å². The Morgan fingerprint density at radius 1 is 1.14 bits per heavy atom. The molecule has 1 aliphatic carbocycles. The maximum Gasteiger partial charge on any atom is 0.175 e. The summed E-state index contributed by atoms with van der Waals surface area (Å²) in [6.07, 6.45) is 5.73. The molecular weight excluding hydrogens is 406 g/mol. The van der Waals surface area contributed by atoms with E-state index in [0.29, 0.717) is 29.5 Å². The first-order valence-electron chi connectivity index (χ1n) is 10.3. The van der Waals surface area contributed by atoms with Crippen molar-refractivity contribution in [2.45, 2.75) is 49.6 Å². The van der Waals surface area contributed by atoms with Crippen LogP contribution in [0.1, 0.15) is 30.9 Å². The highest BCUT2D eigenvalue weighted by molar-refractivity contribution is 7.90. The molecule has 29 heavy (non-hydrogen) atoms. The monoisotopic (exact) mass is 433 g/mol. The molecule has 6 heteroatoms. The molecule has 0 unspecified atom stereocenters. The van der Waals surface area contributed by atoms with Crippen LogP contribution in [-0.4, -0.2) is 44.8 Å². The average molecular weight is 434 g/mol. The van der Waals surface area contributed by atoms with Crippen molar-refractivity contribution in [2.24, 2.45) is 5.92 Å². The standard InChI is InChI=1S/C23H28ClNO3S/c1-16-11-17(15-28-22-7-9-23(10-8-22)29(2,26)27)14-25(16)21-6-4-18-3-5-20(24)12-19(18)13-21/h3,5,7-10,12,16-17,21H,4,6,11,13-15H2,1-2H3/t16-,17+,21-/m1/s1. The second-order valence-electron chi connectivity index (χ2n) is 8.51. The van der Waals surface area contributed by atoms with Crippen LogP contribution in [0.5, 0.6) is 5.75 Å². The fraction of sp³-hybridized carbons (Fsp3) is 0.478. The molecule has 4 nitrogen and oxygen atoms in total. The van der Waals surface area contributed by atoms with Gasteiger partial charge in [0.2, 0.25) is 0 Å². The maximum atomic E-state index is 11.6. The molecule has 2 aromatic carbocycles. The summed E-state index contributed by atoms with van der Waals surface area (Å²) in [7, 11) is -3.17. The summed E-state index contributed by atoms with van der Waals surface area (Å²) >= 11 is 6.21. The fourth-order valence-electron chi connectivity index (χ4n) is 4.79. The minimum atomic E-state index is -3.17. The quantitative estimate of drug-likeness (QED) is 0.701. The zero-order chi connectivity index (χ0) is 20.6. The lowest BCUT2D eigenvalue weighted by Crippen LogP contribution is -2.41. The highest BCUT2D eigenvalue weighted by atomic mass is 35.5. The number of rotatable bonds is 5. The number of hydrogen-bond donors (Lipinski definition) is 0. The van der Waals surface area contributed by atoms with Gasteiger partial charge in [0.25, 0.3) is 0 Å². The van der Waals surface area contributed by atoms with Crippen molar-refractivity contribution >= 4 is 21.4 Å². The molecule has 0 bridgehead atoms. The van der Waals surface area contributed by atoms with E-state index in [1.807, 2.05) is 6.07 Å². The number of nitrogens with zero attached hydrogens (tertiary/aromatic N) is 1. The highest BCUT2D eigenvalue weighted by Crippen LogP contribution is 2.33. The van der Waals surface area contributed by atoms with E-state index in [4.69, 9.17) is 16.3 Å². The van der Waals surface area contributed by atoms with E-state index in [1.54, 1.807) is 24.3 Å². The van der Waals surface area contributed by atoms with E-state index in [9.17, 15) is 8.42 Å². The van der Waals surface area contributed by atoms with Crippen LogP contribution in [0.4, 0.5) is 0 Å². The highest BCUT2D eigenvalue weighted by Gasteiger charge is 2.35. The van der Waals surface area contributed by atoms with Gasteiger partial charge in [-0.1, -0.05) is 17.7 Å². The first kappa shape index (κ1) is 20.7. The molecule has 0 spiro atoms. The van der Waals surface area contributed by atoms with E-state index in [2.05, 4.69) is 24.0 Å². The van der Waals surface area contributed by atoms with Gasteiger partial charge in [-0.25, -0.2) is 8.42 Å². The SMILES string of the molecule is C[C@@H]1C[C@H](COc2ccc(S(C)(=O)=O)cc2)CN1[C@@H]1CCc2ccc(Cl)cc2C1. The van der Waals surface area contributed by atoms with E-state index in [-0.39, 0.29) is 0 Å². The fourth-order valence-corrected chi connectivity index (χ4v) is 5.61.